The van der Waals surface area contributed by atoms with E-state index in [4.69, 9.17) is 0 Å². The maximum absolute atomic E-state index is 9.67. The van der Waals surface area contributed by atoms with Crippen molar-refractivity contribution in [2.75, 3.05) is 0 Å². The van der Waals surface area contributed by atoms with Crippen LogP contribution in [0.25, 0.3) is 0 Å². The second kappa shape index (κ2) is 2.21. The van der Waals surface area contributed by atoms with Crippen LogP contribution in [0, 0.1) is 0 Å². The van der Waals surface area contributed by atoms with Crippen molar-refractivity contribution in [2.45, 2.75) is 0 Å². The van der Waals surface area contributed by atoms with E-state index in [1.165, 1.54) is 18.4 Å². The molecule has 0 bridgehead atoms. The zero-order valence-corrected chi connectivity index (χ0v) is 4.37. The van der Waals surface area contributed by atoms with Crippen molar-refractivity contribution < 1.29 is 19.1 Å². The Labute approximate surface area is 50.7 Å². The van der Waals surface area contributed by atoms with E-state index in [1.54, 1.807) is 0 Å². The van der Waals surface area contributed by atoms with E-state index in [0.29, 0.717) is 0 Å². The summed E-state index contributed by atoms with van der Waals surface area (Å²) in [4.78, 5) is 9.67. The molecule has 0 spiro atoms. The quantitative estimate of drug-likeness (QED) is 0.532. The summed E-state index contributed by atoms with van der Waals surface area (Å²) in [6.45, 7) is 0. The first kappa shape index (κ1) is 5.68. The molecule has 0 unspecified atom stereocenters. The molecule has 0 saturated heterocycles. The molecule has 0 atom stereocenters. The molecule has 0 saturated carbocycles. The first-order valence-corrected chi connectivity index (χ1v) is 2.21. The van der Waals surface area contributed by atoms with E-state index in [1.807, 2.05) is 0 Å². The van der Waals surface area contributed by atoms with Crippen molar-refractivity contribution in [1.29, 1.82) is 0 Å². The molecule has 1 aromatic rings. The van der Waals surface area contributed by atoms with Crippen molar-refractivity contribution in [3.63, 3.8) is 0 Å². The largest absolute Gasteiger partial charge is 0.558 e. The molecule has 0 aliphatic rings. The minimum absolute atomic E-state index is 0.0741. The second-order valence-corrected chi connectivity index (χ2v) is 1.28. The average Bonchev–Trinajstić information content (AvgIpc) is 2.15. The molecule has 0 aliphatic carbocycles. The van der Waals surface area contributed by atoms with Gasteiger partial charge in [-0.1, -0.05) is 0 Å². The lowest BCUT2D eigenvalue weighted by atomic mass is 10.7. The fourth-order valence-corrected chi connectivity index (χ4v) is 0.404. The van der Waals surface area contributed by atoms with Gasteiger partial charge in [-0.2, -0.15) is 9.90 Å². The van der Waals surface area contributed by atoms with Crippen LogP contribution in [0.1, 0.15) is 0 Å². The van der Waals surface area contributed by atoms with E-state index in [9.17, 15) is 9.90 Å². The third kappa shape index (κ3) is 1.49. The number of carbonyl (C=O) groups excluding carboxylic acids is 1. The lowest BCUT2D eigenvalue weighted by Crippen LogP contribution is -1.99. The van der Waals surface area contributed by atoms with E-state index in [2.05, 4.69) is 9.15 Å². The van der Waals surface area contributed by atoms with Crippen LogP contribution in [-0.2, 0) is 5.11 Å². The van der Waals surface area contributed by atoms with Gasteiger partial charge in [0.25, 0.3) is 5.95 Å². The maximum atomic E-state index is 9.67. The van der Waals surface area contributed by atoms with Gasteiger partial charge in [0.2, 0.25) is 0 Å². The SMILES string of the molecule is [O]C(=O)Oc1ccco1. The Hall–Kier alpha value is -1.45. The fourth-order valence-electron chi connectivity index (χ4n) is 0.404. The topological polar surface area (TPSA) is 59.3 Å². The zero-order valence-electron chi connectivity index (χ0n) is 4.37. The molecule has 4 nitrogen and oxygen atoms in total. The van der Waals surface area contributed by atoms with Gasteiger partial charge in [-0.25, -0.2) is 0 Å². The van der Waals surface area contributed by atoms with Gasteiger partial charge in [-0.15, -0.1) is 0 Å². The normalized spacial score (nSPS) is 8.89. The van der Waals surface area contributed by atoms with Crippen LogP contribution in [0.15, 0.2) is 22.8 Å². The van der Waals surface area contributed by atoms with Crippen LogP contribution in [-0.4, -0.2) is 6.16 Å². The zero-order chi connectivity index (χ0) is 6.69. The molecule has 47 valence electrons. The predicted molar refractivity (Wildman–Crippen MR) is 25.4 cm³/mol. The van der Waals surface area contributed by atoms with Crippen molar-refractivity contribution in [1.82, 2.24) is 0 Å². The minimum atomic E-state index is -1.62. The number of ether oxygens (including phenoxy) is 1. The Bertz CT molecular complexity index is 189. The van der Waals surface area contributed by atoms with Gasteiger partial charge in [-0.05, 0) is 6.07 Å². The minimum Gasteiger partial charge on any atom is -0.434 e. The summed E-state index contributed by atoms with van der Waals surface area (Å²) in [6.07, 6.45) is -0.317. The van der Waals surface area contributed by atoms with E-state index in [0.717, 1.165) is 0 Å². The molecule has 0 fully saturated rings. The number of carbonyl (C=O) groups is 1. The first-order valence-electron chi connectivity index (χ1n) is 2.21. The highest BCUT2D eigenvalue weighted by Crippen LogP contribution is 2.09. The van der Waals surface area contributed by atoms with Gasteiger partial charge in [0.1, 0.15) is 0 Å². The van der Waals surface area contributed by atoms with E-state index < -0.39 is 6.16 Å². The van der Waals surface area contributed by atoms with Crippen LogP contribution < -0.4 is 4.74 Å². The molecular weight excluding hydrogens is 124 g/mol. The van der Waals surface area contributed by atoms with Gasteiger partial charge in [-0.3, -0.25) is 0 Å². The Morgan fingerprint density at radius 1 is 1.67 bits per heavy atom. The van der Waals surface area contributed by atoms with Crippen molar-refractivity contribution >= 4 is 6.16 Å². The summed E-state index contributed by atoms with van der Waals surface area (Å²) < 4.78 is 8.49. The predicted octanol–water partition coefficient (Wildman–Crippen LogP) is 1.21. The highest BCUT2D eigenvalue weighted by Gasteiger charge is 2.02. The Kier molecular flexibility index (Phi) is 1.40. The smallest absolute Gasteiger partial charge is 0.434 e. The number of furan rings is 1. The van der Waals surface area contributed by atoms with Crippen LogP contribution in [0.3, 0.4) is 0 Å². The molecule has 1 rings (SSSR count). The molecular formula is C5H3O4. The summed E-state index contributed by atoms with van der Waals surface area (Å²) in [5.74, 6) is -0.0741. The summed E-state index contributed by atoms with van der Waals surface area (Å²) in [5, 5.41) is 9.67. The van der Waals surface area contributed by atoms with Crippen LogP contribution in [0.4, 0.5) is 4.79 Å². The molecule has 1 heterocycles. The van der Waals surface area contributed by atoms with Crippen molar-refractivity contribution in [3.05, 3.63) is 18.4 Å². The molecule has 1 radical (unpaired) electrons. The molecule has 0 N–H and O–H groups in total. The third-order valence-corrected chi connectivity index (χ3v) is 0.679. The highest BCUT2D eigenvalue weighted by molar-refractivity contribution is 5.59. The number of hydrogen-bond donors (Lipinski definition) is 0. The molecule has 4 heteroatoms. The monoisotopic (exact) mass is 127 g/mol. The summed E-state index contributed by atoms with van der Waals surface area (Å²) in [6, 6.07) is 2.88. The molecule has 0 aliphatic heterocycles. The second-order valence-electron chi connectivity index (χ2n) is 1.28. The maximum Gasteiger partial charge on any atom is 0.558 e. The van der Waals surface area contributed by atoms with Crippen LogP contribution >= 0.6 is 0 Å². The van der Waals surface area contributed by atoms with Crippen LogP contribution in [0.2, 0.25) is 0 Å². The summed E-state index contributed by atoms with van der Waals surface area (Å²) >= 11 is 0. The standard InChI is InChI=1S/C5H3O4/c6-5(7)9-4-2-1-3-8-4/h1-3H. The molecule has 0 amide bonds. The molecule has 0 aromatic carbocycles. The van der Waals surface area contributed by atoms with Gasteiger partial charge in [0, 0.05) is 6.07 Å². The lowest BCUT2D eigenvalue weighted by Gasteiger charge is -1.86. The van der Waals surface area contributed by atoms with E-state index >= 15 is 0 Å². The molecule has 1 aromatic heterocycles. The average molecular weight is 127 g/mol. The van der Waals surface area contributed by atoms with Gasteiger partial charge in [0.15, 0.2) is 0 Å². The summed E-state index contributed by atoms with van der Waals surface area (Å²) in [7, 11) is 0. The van der Waals surface area contributed by atoms with Crippen molar-refractivity contribution in [2.24, 2.45) is 0 Å². The summed E-state index contributed by atoms with van der Waals surface area (Å²) in [5.41, 5.74) is 0. The Morgan fingerprint density at radius 3 is 2.89 bits per heavy atom. The van der Waals surface area contributed by atoms with Gasteiger partial charge < -0.3 is 9.15 Å². The Balaban J connectivity index is 2.58. The van der Waals surface area contributed by atoms with Crippen LogP contribution in [0.5, 0.6) is 5.95 Å². The van der Waals surface area contributed by atoms with Gasteiger partial charge in [0.05, 0.1) is 6.26 Å². The highest BCUT2D eigenvalue weighted by atomic mass is 16.7. The van der Waals surface area contributed by atoms with Crippen molar-refractivity contribution in [3.8, 4) is 5.95 Å². The van der Waals surface area contributed by atoms with Gasteiger partial charge >= 0.3 is 6.16 Å². The third-order valence-electron chi connectivity index (χ3n) is 0.679. The number of rotatable bonds is 1. The lowest BCUT2D eigenvalue weighted by molar-refractivity contribution is 0.107. The fraction of sp³-hybridized carbons (Fsp3) is 0. The Morgan fingerprint density at radius 2 is 2.44 bits per heavy atom. The molecule has 9 heavy (non-hydrogen) atoms. The first-order chi connectivity index (χ1) is 4.29. The van der Waals surface area contributed by atoms with E-state index in [-0.39, 0.29) is 5.95 Å². The number of hydrogen-bond acceptors (Lipinski definition) is 3.